The van der Waals surface area contributed by atoms with E-state index < -0.39 is 11.8 Å². The van der Waals surface area contributed by atoms with Crippen LogP contribution in [0.3, 0.4) is 0 Å². The predicted octanol–water partition coefficient (Wildman–Crippen LogP) is 2.40. The van der Waals surface area contributed by atoms with Crippen molar-refractivity contribution in [3.63, 3.8) is 0 Å². The number of hydrazone groups is 1. The summed E-state index contributed by atoms with van der Waals surface area (Å²) in [4.78, 5) is 28.1. The number of fused-ring (bicyclic) bond motifs is 1. The molecule has 2 aromatic carbocycles. The largest absolute Gasteiger partial charge is 0.497 e. The van der Waals surface area contributed by atoms with Gasteiger partial charge < -0.3 is 9.47 Å². The highest BCUT2D eigenvalue weighted by molar-refractivity contribution is 7.22. The first-order chi connectivity index (χ1) is 13.1. The van der Waals surface area contributed by atoms with Crippen molar-refractivity contribution in [1.29, 1.82) is 0 Å². The number of aromatic nitrogens is 1. The van der Waals surface area contributed by atoms with Crippen molar-refractivity contribution >= 4 is 44.7 Å². The third kappa shape index (κ3) is 4.39. The number of anilines is 1. The average molecular weight is 384 g/mol. The molecule has 0 bridgehead atoms. The minimum atomic E-state index is -0.905. The quantitative estimate of drug-likeness (QED) is 0.400. The molecule has 1 aromatic heterocycles. The van der Waals surface area contributed by atoms with Crippen LogP contribution in [0.2, 0.25) is 0 Å². The molecular formula is C18H16N4O4S. The summed E-state index contributed by atoms with van der Waals surface area (Å²) in [6.45, 7) is 0. The van der Waals surface area contributed by atoms with Gasteiger partial charge in [0.25, 0.3) is 0 Å². The van der Waals surface area contributed by atoms with Crippen LogP contribution in [-0.4, -0.2) is 37.2 Å². The van der Waals surface area contributed by atoms with Gasteiger partial charge in [0.1, 0.15) is 11.5 Å². The molecule has 0 aliphatic rings. The lowest BCUT2D eigenvalue weighted by molar-refractivity contribution is -0.136. The van der Waals surface area contributed by atoms with Gasteiger partial charge in [-0.15, -0.1) is 0 Å². The first-order valence-electron chi connectivity index (χ1n) is 7.82. The van der Waals surface area contributed by atoms with Crippen LogP contribution in [0, 0.1) is 0 Å². The monoisotopic (exact) mass is 384 g/mol. The number of carbonyl (C=O) groups is 2. The summed E-state index contributed by atoms with van der Waals surface area (Å²) in [6.07, 6.45) is 1.38. The molecule has 2 amide bonds. The highest BCUT2D eigenvalue weighted by atomic mass is 32.1. The lowest BCUT2D eigenvalue weighted by Crippen LogP contribution is -2.32. The van der Waals surface area contributed by atoms with Gasteiger partial charge in [-0.25, -0.2) is 10.4 Å². The Balaban J connectivity index is 1.61. The number of ether oxygens (including phenoxy) is 2. The molecule has 0 spiro atoms. The van der Waals surface area contributed by atoms with E-state index in [1.54, 1.807) is 25.3 Å². The minimum absolute atomic E-state index is 0.345. The Labute approximate surface area is 158 Å². The van der Waals surface area contributed by atoms with Gasteiger partial charge in [-0.05, 0) is 24.3 Å². The number of amides is 2. The number of nitrogens with zero attached hydrogens (tertiary/aromatic N) is 2. The highest BCUT2D eigenvalue weighted by Gasteiger charge is 2.15. The average Bonchev–Trinajstić information content (AvgIpc) is 3.10. The topological polar surface area (TPSA) is 102 Å². The molecule has 0 saturated heterocycles. The fourth-order valence-corrected chi connectivity index (χ4v) is 3.08. The number of nitrogens with one attached hydrogen (secondary N) is 2. The Bertz CT molecular complexity index is 983. The van der Waals surface area contributed by atoms with Crippen molar-refractivity contribution in [3.05, 3.63) is 48.0 Å². The Kier molecular flexibility index (Phi) is 5.62. The van der Waals surface area contributed by atoms with Gasteiger partial charge in [0, 0.05) is 11.6 Å². The summed E-state index contributed by atoms with van der Waals surface area (Å²) in [6, 6.07) is 12.6. The first kappa shape index (κ1) is 18.3. The van der Waals surface area contributed by atoms with Crippen LogP contribution < -0.4 is 20.2 Å². The zero-order valence-electron chi connectivity index (χ0n) is 14.6. The van der Waals surface area contributed by atoms with Crippen LogP contribution in [0.15, 0.2) is 47.6 Å². The fourth-order valence-electron chi connectivity index (χ4n) is 2.22. The number of carbonyl (C=O) groups excluding carboxylic acids is 2. The van der Waals surface area contributed by atoms with Gasteiger partial charge in [-0.3, -0.25) is 14.9 Å². The fraction of sp³-hybridized carbons (Fsp3) is 0.111. The van der Waals surface area contributed by atoms with Crippen molar-refractivity contribution in [2.75, 3.05) is 19.5 Å². The van der Waals surface area contributed by atoms with Gasteiger partial charge in [0.15, 0.2) is 5.13 Å². The Morgan fingerprint density at radius 2 is 1.93 bits per heavy atom. The van der Waals surface area contributed by atoms with Gasteiger partial charge >= 0.3 is 11.8 Å². The molecule has 9 heteroatoms. The molecule has 0 saturated carbocycles. The number of para-hydroxylation sites is 1. The summed E-state index contributed by atoms with van der Waals surface area (Å²) < 4.78 is 11.3. The highest BCUT2D eigenvalue weighted by Crippen LogP contribution is 2.25. The standard InChI is InChI=1S/C18H16N4O4S/c1-25-12-8-7-11(14(9-12)26-2)10-19-22-17(24)16(23)21-18-20-13-5-3-4-6-15(13)27-18/h3-10H,1-2H3,(H,22,24)(H,20,21,23). The van der Waals surface area contributed by atoms with E-state index >= 15 is 0 Å². The third-order valence-electron chi connectivity index (χ3n) is 3.53. The molecule has 27 heavy (non-hydrogen) atoms. The maximum absolute atomic E-state index is 12.0. The van der Waals surface area contributed by atoms with Gasteiger partial charge in [0.05, 0.1) is 30.7 Å². The lowest BCUT2D eigenvalue weighted by Gasteiger charge is -2.06. The third-order valence-corrected chi connectivity index (χ3v) is 4.48. The molecule has 0 unspecified atom stereocenters. The second kappa shape index (κ2) is 8.28. The van der Waals surface area contributed by atoms with Crippen LogP contribution in [-0.2, 0) is 9.59 Å². The van der Waals surface area contributed by atoms with E-state index in [-0.39, 0.29) is 0 Å². The summed E-state index contributed by atoms with van der Waals surface area (Å²) in [5, 5.41) is 6.59. The van der Waals surface area contributed by atoms with Crippen molar-refractivity contribution in [1.82, 2.24) is 10.4 Å². The minimum Gasteiger partial charge on any atom is -0.497 e. The molecule has 138 valence electrons. The maximum Gasteiger partial charge on any atom is 0.329 e. The Morgan fingerprint density at radius 1 is 1.11 bits per heavy atom. The summed E-state index contributed by atoms with van der Waals surface area (Å²) in [7, 11) is 3.06. The number of hydrogen-bond donors (Lipinski definition) is 2. The molecule has 2 N–H and O–H groups in total. The number of rotatable bonds is 5. The molecule has 3 rings (SSSR count). The van der Waals surface area contributed by atoms with Gasteiger partial charge in [-0.2, -0.15) is 5.10 Å². The van der Waals surface area contributed by atoms with E-state index in [2.05, 4.69) is 20.8 Å². The van der Waals surface area contributed by atoms with E-state index in [0.717, 1.165) is 10.2 Å². The number of benzene rings is 2. The number of thiazole rings is 1. The molecule has 0 atom stereocenters. The van der Waals surface area contributed by atoms with Crippen LogP contribution in [0.5, 0.6) is 11.5 Å². The van der Waals surface area contributed by atoms with Crippen LogP contribution in [0.4, 0.5) is 5.13 Å². The zero-order chi connectivity index (χ0) is 19.2. The van der Waals surface area contributed by atoms with Gasteiger partial charge in [-0.1, -0.05) is 23.5 Å². The van der Waals surface area contributed by atoms with E-state index in [0.29, 0.717) is 22.2 Å². The van der Waals surface area contributed by atoms with Crippen molar-refractivity contribution in [2.24, 2.45) is 5.10 Å². The molecule has 0 aliphatic carbocycles. The second-order valence-corrected chi connectivity index (χ2v) is 6.28. The van der Waals surface area contributed by atoms with E-state index in [9.17, 15) is 9.59 Å². The van der Waals surface area contributed by atoms with E-state index in [1.165, 1.54) is 24.7 Å². The smallest absolute Gasteiger partial charge is 0.329 e. The molecular weight excluding hydrogens is 368 g/mol. The molecule has 3 aromatic rings. The Morgan fingerprint density at radius 3 is 2.67 bits per heavy atom. The summed E-state index contributed by atoms with van der Waals surface area (Å²) >= 11 is 1.28. The number of methoxy groups -OCH3 is 2. The van der Waals surface area contributed by atoms with Crippen LogP contribution in [0.25, 0.3) is 10.2 Å². The number of hydrogen-bond acceptors (Lipinski definition) is 7. The van der Waals surface area contributed by atoms with Crippen molar-refractivity contribution < 1.29 is 19.1 Å². The Hall–Kier alpha value is -3.46. The molecule has 0 aliphatic heterocycles. The molecule has 8 nitrogen and oxygen atoms in total. The summed E-state index contributed by atoms with van der Waals surface area (Å²) in [5.41, 5.74) is 3.54. The van der Waals surface area contributed by atoms with Crippen LogP contribution in [0.1, 0.15) is 5.56 Å². The second-order valence-electron chi connectivity index (χ2n) is 5.25. The van der Waals surface area contributed by atoms with Crippen molar-refractivity contribution in [3.8, 4) is 11.5 Å². The SMILES string of the molecule is COc1ccc(C=NNC(=O)C(=O)Nc2nc3ccccc3s2)c(OC)c1. The van der Waals surface area contributed by atoms with E-state index in [1.807, 2.05) is 24.3 Å². The van der Waals surface area contributed by atoms with Gasteiger partial charge in [0.2, 0.25) is 0 Å². The van der Waals surface area contributed by atoms with E-state index in [4.69, 9.17) is 9.47 Å². The normalized spacial score (nSPS) is 10.7. The van der Waals surface area contributed by atoms with Crippen molar-refractivity contribution in [2.45, 2.75) is 0 Å². The first-order valence-corrected chi connectivity index (χ1v) is 8.64. The zero-order valence-corrected chi connectivity index (χ0v) is 15.4. The van der Waals surface area contributed by atoms with Crippen LogP contribution >= 0.6 is 11.3 Å². The maximum atomic E-state index is 12.0. The summed E-state index contributed by atoms with van der Waals surface area (Å²) in [5.74, 6) is -0.611. The molecule has 0 radical (unpaired) electrons. The lowest BCUT2D eigenvalue weighted by atomic mass is 10.2. The molecule has 0 fully saturated rings. The molecule has 1 heterocycles. The predicted molar refractivity (Wildman–Crippen MR) is 104 cm³/mol.